The van der Waals surface area contributed by atoms with Crippen molar-refractivity contribution in [3.63, 3.8) is 0 Å². The second-order valence-corrected chi connectivity index (χ2v) is 5.59. The molecule has 1 aromatic heterocycles. The molecular weight excluding hydrogens is 274 g/mol. The lowest BCUT2D eigenvalue weighted by Crippen LogP contribution is -2.27. The number of methoxy groups -OCH3 is 1. The van der Waals surface area contributed by atoms with Crippen molar-refractivity contribution < 1.29 is 4.74 Å². The summed E-state index contributed by atoms with van der Waals surface area (Å²) in [5, 5.41) is 6.90. The van der Waals surface area contributed by atoms with Gasteiger partial charge in [0, 0.05) is 25.3 Å². The fraction of sp³-hybridized carbons (Fsp3) is 0.278. The number of nitrogen functional groups attached to an aromatic ring is 1. The highest BCUT2D eigenvalue weighted by Crippen LogP contribution is 2.35. The van der Waals surface area contributed by atoms with Crippen LogP contribution in [-0.2, 0) is 16.8 Å². The summed E-state index contributed by atoms with van der Waals surface area (Å²) in [5.74, 6) is 0.547. The van der Waals surface area contributed by atoms with Gasteiger partial charge in [-0.15, -0.1) is 0 Å². The summed E-state index contributed by atoms with van der Waals surface area (Å²) in [6.45, 7) is 0. The molecule has 1 atom stereocenters. The number of anilines is 1. The number of ether oxygens (including phenoxy) is 1. The van der Waals surface area contributed by atoms with Crippen LogP contribution in [0.1, 0.15) is 24.1 Å². The van der Waals surface area contributed by atoms with Gasteiger partial charge in [0.2, 0.25) is 0 Å². The first kappa shape index (κ1) is 14.6. The van der Waals surface area contributed by atoms with E-state index in [4.69, 9.17) is 10.5 Å². The molecule has 1 heterocycles. The molecule has 3 N–H and O–H groups in total. The van der Waals surface area contributed by atoms with E-state index in [0.717, 1.165) is 25.0 Å². The second kappa shape index (κ2) is 6.20. The van der Waals surface area contributed by atoms with Crippen molar-refractivity contribution in [3.05, 3.63) is 71.5 Å². The number of aromatic nitrogens is 2. The van der Waals surface area contributed by atoms with Crippen molar-refractivity contribution in [3.8, 4) is 0 Å². The molecule has 1 aromatic carbocycles. The predicted molar refractivity (Wildman–Crippen MR) is 88.3 cm³/mol. The third-order valence-electron chi connectivity index (χ3n) is 4.19. The van der Waals surface area contributed by atoms with E-state index in [1.54, 1.807) is 7.11 Å². The van der Waals surface area contributed by atoms with E-state index in [1.165, 1.54) is 11.1 Å². The fourth-order valence-corrected chi connectivity index (χ4v) is 2.84. The zero-order valence-corrected chi connectivity index (χ0v) is 12.8. The minimum absolute atomic E-state index is 0.344. The van der Waals surface area contributed by atoms with E-state index in [0.29, 0.717) is 5.82 Å². The van der Waals surface area contributed by atoms with Gasteiger partial charge < -0.3 is 10.5 Å². The first-order valence-electron chi connectivity index (χ1n) is 7.50. The molecule has 0 aliphatic heterocycles. The molecule has 0 fully saturated rings. The van der Waals surface area contributed by atoms with Gasteiger partial charge in [0.15, 0.2) is 0 Å². The molecule has 0 spiro atoms. The van der Waals surface area contributed by atoms with Crippen LogP contribution in [0, 0.1) is 0 Å². The van der Waals surface area contributed by atoms with Crippen LogP contribution in [0.3, 0.4) is 0 Å². The molecule has 4 nitrogen and oxygen atoms in total. The summed E-state index contributed by atoms with van der Waals surface area (Å²) in [5.41, 5.74) is 8.84. The highest BCUT2D eigenvalue weighted by atomic mass is 16.5. The van der Waals surface area contributed by atoms with Gasteiger partial charge in [0.1, 0.15) is 11.4 Å². The normalized spacial score (nSPS) is 20.9. The van der Waals surface area contributed by atoms with E-state index in [9.17, 15) is 0 Å². The Morgan fingerprint density at radius 2 is 2.09 bits per heavy atom. The maximum Gasteiger partial charge on any atom is 0.145 e. The SMILES string of the molecule is COC1(c2ccccc2)C=CC(CCc2cc(N)n[nH]2)=CC1. The highest BCUT2D eigenvalue weighted by molar-refractivity contribution is 5.37. The Balaban J connectivity index is 1.67. The molecule has 0 bridgehead atoms. The van der Waals surface area contributed by atoms with Crippen LogP contribution in [0.4, 0.5) is 5.82 Å². The molecule has 0 saturated heterocycles. The summed E-state index contributed by atoms with van der Waals surface area (Å²) in [7, 11) is 1.77. The molecule has 0 saturated carbocycles. The number of aromatic amines is 1. The average molecular weight is 295 g/mol. The number of benzene rings is 1. The molecule has 1 unspecified atom stereocenters. The van der Waals surface area contributed by atoms with Crippen molar-refractivity contribution in [1.29, 1.82) is 0 Å². The number of H-pyrrole nitrogens is 1. The van der Waals surface area contributed by atoms with Crippen LogP contribution in [0.25, 0.3) is 0 Å². The third-order valence-corrected chi connectivity index (χ3v) is 4.19. The third kappa shape index (κ3) is 2.97. The first-order valence-corrected chi connectivity index (χ1v) is 7.50. The van der Waals surface area contributed by atoms with Crippen LogP contribution >= 0.6 is 0 Å². The van der Waals surface area contributed by atoms with Gasteiger partial charge in [-0.25, -0.2) is 0 Å². The Morgan fingerprint density at radius 1 is 1.27 bits per heavy atom. The van der Waals surface area contributed by atoms with Crippen LogP contribution in [-0.4, -0.2) is 17.3 Å². The van der Waals surface area contributed by atoms with Gasteiger partial charge in [-0.2, -0.15) is 5.10 Å². The quantitative estimate of drug-likeness (QED) is 0.889. The molecule has 2 aromatic rings. The summed E-state index contributed by atoms with van der Waals surface area (Å²) >= 11 is 0. The van der Waals surface area contributed by atoms with Crippen molar-refractivity contribution >= 4 is 5.82 Å². The van der Waals surface area contributed by atoms with Crippen molar-refractivity contribution in [2.75, 3.05) is 12.8 Å². The molecule has 114 valence electrons. The Morgan fingerprint density at radius 3 is 2.68 bits per heavy atom. The maximum absolute atomic E-state index is 5.82. The van der Waals surface area contributed by atoms with E-state index < -0.39 is 0 Å². The molecule has 3 rings (SSSR count). The van der Waals surface area contributed by atoms with Gasteiger partial charge in [0.25, 0.3) is 0 Å². The largest absolute Gasteiger partial charge is 0.382 e. The zero-order valence-electron chi connectivity index (χ0n) is 12.8. The fourth-order valence-electron chi connectivity index (χ4n) is 2.84. The van der Waals surface area contributed by atoms with Gasteiger partial charge in [0.05, 0.1) is 0 Å². The summed E-state index contributed by atoms with van der Waals surface area (Å²) < 4.78 is 5.82. The van der Waals surface area contributed by atoms with Crippen LogP contribution in [0.5, 0.6) is 0 Å². The van der Waals surface area contributed by atoms with Crippen LogP contribution in [0.2, 0.25) is 0 Å². The lowest BCUT2D eigenvalue weighted by Gasteiger charge is -2.31. The van der Waals surface area contributed by atoms with Gasteiger partial charge in [-0.3, -0.25) is 5.10 Å². The van der Waals surface area contributed by atoms with E-state index >= 15 is 0 Å². The number of hydrogen-bond acceptors (Lipinski definition) is 3. The molecule has 22 heavy (non-hydrogen) atoms. The lowest BCUT2D eigenvalue weighted by molar-refractivity contribution is 0.0303. The second-order valence-electron chi connectivity index (χ2n) is 5.59. The molecule has 0 radical (unpaired) electrons. The monoisotopic (exact) mass is 295 g/mol. The standard InChI is InChI=1S/C18H21N3O/c1-22-18(15-5-3-2-4-6-15)11-9-14(10-12-18)7-8-16-13-17(19)21-20-16/h2-6,9-11,13H,7-8,12H2,1H3,(H3,19,20,21). The van der Waals surface area contributed by atoms with E-state index in [-0.39, 0.29) is 5.60 Å². The lowest BCUT2D eigenvalue weighted by atomic mass is 9.84. The Kier molecular flexibility index (Phi) is 4.11. The average Bonchev–Trinajstić information content (AvgIpc) is 3.00. The molecule has 4 heteroatoms. The van der Waals surface area contributed by atoms with E-state index in [2.05, 4.69) is 40.6 Å². The van der Waals surface area contributed by atoms with Crippen LogP contribution < -0.4 is 5.73 Å². The summed E-state index contributed by atoms with van der Waals surface area (Å²) in [6, 6.07) is 12.2. The van der Waals surface area contributed by atoms with Gasteiger partial charge >= 0.3 is 0 Å². The minimum atomic E-state index is -0.344. The number of allylic oxidation sites excluding steroid dienone is 2. The van der Waals surface area contributed by atoms with E-state index in [1.807, 2.05) is 24.3 Å². The zero-order chi connectivity index (χ0) is 15.4. The molecular formula is C18H21N3O. The molecule has 1 aliphatic rings. The van der Waals surface area contributed by atoms with Crippen molar-refractivity contribution in [2.24, 2.45) is 0 Å². The smallest absolute Gasteiger partial charge is 0.145 e. The highest BCUT2D eigenvalue weighted by Gasteiger charge is 2.29. The number of nitrogens with one attached hydrogen (secondary N) is 1. The number of nitrogens with two attached hydrogens (primary N) is 1. The van der Waals surface area contributed by atoms with Crippen molar-refractivity contribution in [2.45, 2.75) is 24.9 Å². The first-order chi connectivity index (χ1) is 10.7. The topological polar surface area (TPSA) is 63.9 Å². The Bertz CT molecular complexity index is 687. The number of rotatable bonds is 5. The Labute approximate surface area is 130 Å². The summed E-state index contributed by atoms with van der Waals surface area (Å²) in [6.07, 6.45) is 9.32. The van der Waals surface area contributed by atoms with Gasteiger partial charge in [-0.05, 0) is 24.5 Å². The minimum Gasteiger partial charge on any atom is -0.382 e. The number of hydrogen-bond donors (Lipinski definition) is 2. The van der Waals surface area contributed by atoms with Crippen LogP contribution in [0.15, 0.2) is 60.2 Å². The van der Waals surface area contributed by atoms with Crippen molar-refractivity contribution in [1.82, 2.24) is 10.2 Å². The summed E-state index contributed by atoms with van der Waals surface area (Å²) in [4.78, 5) is 0. The number of aryl methyl sites for hydroxylation is 1. The predicted octanol–water partition coefficient (Wildman–Crippen LogP) is 3.35. The number of nitrogens with zero attached hydrogens (tertiary/aromatic N) is 1. The Hall–Kier alpha value is -2.33. The molecule has 1 aliphatic carbocycles. The maximum atomic E-state index is 5.82. The molecule has 0 amide bonds. The van der Waals surface area contributed by atoms with Gasteiger partial charge in [-0.1, -0.05) is 48.1 Å².